The molecule has 29 heavy (non-hydrogen) atoms. The van der Waals surface area contributed by atoms with Gasteiger partial charge in [0.25, 0.3) is 5.56 Å². The van der Waals surface area contributed by atoms with Crippen LogP contribution >= 0.6 is 0 Å². The first-order valence-electron chi connectivity index (χ1n) is 8.90. The van der Waals surface area contributed by atoms with Gasteiger partial charge in [-0.1, -0.05) is 0 Å². The van der Waals surface area contributed by atoms with Crippen LogP contribution in [0.1, 0.15) is 10.4 Å². The van der Waals surface area contributed by atoms with Gasteiger partial charge in [-0.05, 0) is 36.4 Å². The summed E-state index contributed by atoms with van der Waals surface area (Å²) in [4.78, 5) is 24.8. The highest BCUT2D eigenvalue weighted by Crippen LogP contribution is 2.31. The molecule has 2 heterocycles. The first-order valence-corrected chi connectivity index (χ1v) is 8.90. The van der Waals surface area contributed by atoms with Crippen molar-refractivity contribution in [3.8, 4) is 28.5 Å². The van der Waals surface area contributed by atoms with Gasteiger partial charge in [0.15, 0.2) is 17.3 Å². The molecule has 0 N–H and O–H groups in total. The monoisotopic (exact) mass is 396 g/mol. The number of hydrogen-bond acceptors (Lipinski definition) is 6. The molecule has 0 aliphatic carbocycles. The first kappa shape index (κ1) is 18.7. The Kier molecular flexibility index (Phi) is 4.99. The highest BCUT2D eigenvalue weighted by atomic mass is 19.1. The number of ether oxygens (including phenoxy) is 3. The predicted octanol–water partition coefficient (Wildman–Crippen LogP) is 2.71. The van der Waals surface area contributed by atoms with Gasteiger partial charge in [-0.25, -0.2) is 9.07 Å². The molecule has 3 aromatic rings. The Morgan fingerprint density at radius 1 is 1.10 bits per heavy atom. The molecule has 0 saturated carbocycles. The van der Waals surface area contributed by atoms with Crippen molar-refractivity contribution in [1.29, 1.82) is 0 Å². The molecule has 8 heteroatoms. The second-order valence-corrected chi connectivity index (χ2v) is 6.34. The molecule has 0 bridgehead atoms. The number of ketones is 1. The van der Waals surface area contributed by atoms with E-state index in [1.54, 1.807) is 24.3 Å². The van der Waals surface area contributed by atoms with Crippen molar-refractivity contribution in [3.63, 3.8) is 0 Å². The fourth-order valence-corrected chi connectivity index (χ4v) is 2.98. The van der Waals surface area contributed by atoms with E-state index in [0.717, 1.165) is 4.68 Å². The van der Waals surface area contributed by atoms with Crippen LogP contribution in [0.3, 0.4) is 0 Å². The Hall–Kier alpha value is -3.68. The highest BCUT2D eigenvalue weighted by molar-refractivity contribution is 5.96. The molecule has 0 unspecified atom stereocenters. The lowest BCUT2D eigenvalue weighted by atomic mass is 10.1. The summed E-state index contributed by atoms with van der Waals surface area (Å²) in [6.45, 7) is 0.569. The molecule has 4 rings (SSSR count). The summed E-state index contributed by atoms with van der Waals surface area (Å²) in [5.41, 5.74) is 0.337. The standard InChI is InChI=1S/C21H17FN2O5/c1-27-14-3-4-15(16(22)11-14)17-5-7-21(26)24(23-17)12-18(25)13-2-6-19-20(10-13)29-9-8-28-19/h2-7,10-11H,8-9,12H2,1H3. The van der Waals surface area contributed by atoms with Crippen molar-refractivity contribution in [2.45, 2.75) is 6.54 Å². The van der Waals surface area contributed by atoms with Gasteiger partial charge in [0, 0.05) is 23.3 Å². The number of benzene rings is 2. The van der Waals surface area contributed by atoms with Crippen LogP contribution in [0.25, 0.3) is 11.3 Å². The molecule has 0 amide bonds. The van der Waals surface area contributed by atoms with E-state index in [1.807, 2.05) is 0 Å². The quantitative estimate of drug-likeness (QED) is 0.617. The summed E-state index contributed by atoms with van der Waals surface area (Å²) in [5, 5.41) is 4.16. The van der Waals surface area contributed by atoms with E-state index in [0.29, 0.717) is 36.0 Å². The second kappa shape index (κ2) is 7.75. The lowest BCUT2D eigenvalue weighted by molar-refractivity contribution is 0.0964. The molecule has 0 atom stereocenters. The first-order chi connectivity index (χ1) is 14.0. The fraction of sp³-hybridized carbons (Fsp3) is 0.190. The van der Waals surface area contributed by atoms with Gasteiger partial charge in [0.05, 0.1) is 12.8 Å². The summed E-state index contributed by atoms with van der Waals surface area (Å²) in [6, 6.07) is 11.8. The summed E-state index contributed by atoms with van der Waals surface area (Å²) in [7, 11) is 1.44. The molecule has 0 saturated heterocycles. The second-order valence-electron chi connectivity index (χ2n) is 6.34. The third-order valence-electron chi connectivity index (χ3n) is 4.48. The number of methoxy groups -OCH3 is 1. The zero-order valence-electron chi connectivity index (χ0n) is 15.6. The number of carbonyl (C=O) groups excluding carboxylic acids is 1. The molecule has 1 aliphatic rings. The lowest BCUT2D eigenvalue weighted by Crippen LogP contribution is -2.26. The molecular weight excluding hydrogens is 379 g/mol. The van der Waals surface area contributed by atoms with E-state index in [2.05, 4.69) is 5.10 Å². The molecule has 7 nitrogen and oxygen atoms in total. The van der Waals surface area contributed by atoms with Gasteiger partial charge in [0.2, 0.25) is 0 Å². The van der Waals surface area contributed by atoms with E-state index < -0.39 is 11.4 Å². The number of aromatic nitrogens is 2. The largest absolute Gasteiger partial charge is 0.497 e. The molecule has 0 radical (unpaired) electrons. The van der Waals surface area contributed by atoms with Crippen molar-refractivity contribution in [2.75, 3.05) is 20.3 Å². The van der Waals surface area contributed by atoms with E-state index in [-0.39, 0.29) is 23.6 Å². The van der Waals surface area contributed by atoms with Crippen molar-refractivity contribution >= 4 is 5.78 Å². The number of Topliss-reactive ketones (excluding diaryl/α,β-unsaturated/α-hetero) is 1. The van der Waals surface area contributed by atoms with Gasteiger partial charge in [-0.15, -0.1) is 0 Å². The number of hydrogen-bond donors (Lipinski definition) is 0. The zero-order chi connectivity index (χ0) is 20.4. The number of halogens is 1. The fourth-order valence-electron chi connectivity index (χ4n) is 2.98. The predicted molar refractivity (Wildman–Crippen MR) is 102 cm³/mol. The van der Waals surface area contributed by atoms with E-state index in [1.165, 1.54) is 31.4 Å². The molecular formula is C21H17FN2O5. The maximum atomic E-state index is 14.3. The summed E-state index contributed by atoms with van der Waals surface area (Å²) in [5.74, 6) is 0.550. The molecule has 1 aliphatic heterocycles. The smallest absolute Gasteiger partial charge is 0.267 e. The van der Waals surface area contributed by atoms with Gasteiger partial charge >= 0.3 is 0 Å². The Bertz CT molecular complexity index is 1140. The Labute approximate surface area is 165 Å². The number of fused-ring (bicyclic) bond motifs is 1. The van der Waals surface area contributed by atoms with Crippen molar-refractivity contribution < 1.29 is 23.4 Å². The van der Waals surface area contributed by atoms with Crippen LogP contribution < -0.4 is 19.8 Å². The average molecular weight is 396 g/mol. The average Bonchev–Trinajstić information content (AvgIpc) is 2.75. The molecule has 2 aromatic carbocycles. The molecule has 0 spiro atoms. The van der Waals surface area contributed by atoms with Crippen LogP contribution in [-0.2, 0) is 6.54 Å². The van der Waals surface area contributed by atoms with Crippen molar-refractivity contribution in [1.82, 2.24) is 9.78 Å². The highest BCUT2D eigenvalue weighted by Gasteiger charge is 2.17. The van der Waals surface area contributed by atoms with Crippen LogP contribution in [0.15, 0.2) is 53.3 Å². The zero-order valence-corrected chi connectivity index (χ0v) is 15.6. The van der Waals surface area contributed by atoms with Gasteiger partial charge in [-0.2, -0.15) is 5.10 Å². The number of carbonyl (C=O) groups is 1. The third kappa shape index (κ3) is 3.82. The van der Waals surface area contributed by atoms with E-state index in [9.17, 15) is 14.0 Å². The number of nitrogens with zero attached hydrogens (tertiary/aromatic N) is 2. The Morgan fingerprint density at radius 3 is 2.66 bits per heavy atom. The van der Waals surface area contributed by atoms with Gasteiger partial charge in [-0.3, -0.25) is 9.59 Å². The minimum absolute atomic E-state index is 0.200. The SMILES string of the molecule is COc1ccc(-c2ccc(=O)n(CC(=O)c3ccc4c(c3)OCCO4)n2)c(F)c1. The summed E-state index contributed by atoms with van der Waals surface area (Å²) in [6.07, 6.45) is 0. The minimum Gasteiger partial charge on any atom is -0.497 e. The van der Waals surface area contributed by atoms with Gasteiger partial charge < -0.3 is 14.2 Å². The summed E-state index contributed by atoms with van der Waals surface area (Å²) >= 11 is 0. The van der Waals surface area contributed by atoms with E-state index in [4.69, 9.17) is 14.2 Å². The maximum Gasteiger partial charge on any atom is 0.267 e. The topological polar surface area (TPSA) is 79.7 Å². The number of rotatable bonds is 5. The van der Waals surface area contributed by atoms with Crippen LogP contribution in [-0.4, -0.2) is 35.9 Å². The Balaban J connectivity index is 1.61. The van der Waals surface area contributed by atoms with Crippen LogP contribution in [0.2, 0.25) is 0 Å². The van der Waals surface area contributed by atoms with Crippen LogP contribution in [0, 0.1) is 5.82 Å². The molecule has 1 aromatic heterocycles. The lowest BCUT2D eigenvalue weighted by Gasteiger charge is -2.18. The minimum atomic E-state index is -0.541. The molecule has 148 valence electrons. The van der Waals surface area contributed by atoms with Crippen molar-refractivity contribution in [3.05, 3.63) is 70.3 Å². The van der Waals surface area contributed by atoms with Crippen LogP contribution in [0.4, 0.5) is 4.39 Å². The molecule has 0 fully saturated rings. The van der Waals surface area contributed by atoms with Crippen LogP contribution in [0.5, 0.6) is 17.2 Å². The van der Waals surface area contributed by atoms with Crippen molar-refractivity contribution in [2.24, 2.45) is 0 Å². The normalized spacial score (nSPS) is 12.5. The Morgan fingerprint density at radius 2 is 1.90 bits per heavy atom. The maximum absolute atomic E-state index is 14.3. The summed E-state index contributed by atoms with van der Waals surface area (Å²) < 4.78 is 31.3. The van der Waals surface area contributed by atoms with Gasteiger partial charge in [0.1, 0.15) is 31.3 Å². The van der Waals surface area contributed by atoms with E-state index >= 15 is 0 Å². The third-order valence-corrected chi connectivity index (χ3v) is 4.48.